The lowest BCUT2D eigenvalue weighted by Crippen LogP contribution is -2.58. The Labute approximate surface area is 73.6 Å². The quantitative estimate of drug-likeness (QED) is 0.472. The van der Waals surface area contributed by atoms with Crippen molar-refractivity contribution >= 4 is 0 Å². The number of hydrogen-bond donors (Lipinski definition) is 2. The molecule has 0 aliphatic heterocycles. The van der Waals surface area contributed by atoms with E-state index in [1.807, 2.05) is 20.8 Å². The van der Waals surface area contributed by atoms with E-state index < -0.39 is 10.2 Å². The molecule has 2 N–H and O–H groups in total. The van der Waals surface area contributed by atoms with Crippen LogP contribution in [-0.4, -0.2) is 46.7 Å². The smallest absolute Gasteiger partial charge is 0.102 e. The second-order valence-electron chi connectivity index (χ2n) is 3.95. The summed E-state index contributed by atoms with van der Waals surface area (Å²) < 4.78 is -0.542. The number of hydrogen-bond acceptors (Lipinski definition) is 3. The van der Waals surface area contributed by atoms with Crippen LogP contribution in [0.1, 0.15) is 20.8 Å². The lowest BCUT2D eigenvalue weighted by molar-refractivity contribution is -0.926. The van der Waals surface area contributed by atoms with Crippen LogP contribution in [0.25, 0.3) is 0 Å². The van der Waals surface area contributed by atoms with Gasteiger partial charge in [-0.1, -0.05) is 0 Å². The van der Waals surface area contributed by atoms with Crippen LogP contribution in [-0.2, 0) is 0 Å². The third-order valence-corrected chi connectivity index (χ3v) is 2.14. The maximum atomic E-state index is 11.9. The molecule has 0 unspecified atom stereocenters. The largest absolute Gasteiger partial charge is 0.632 e. The van der Waals surface area contributed by atoms with E-state index >= 15 is 0 Å². The molecule has 0 bridgehead atoms. The van der Waals surface area contributed by atoms with Crippen LogP contribution in [0.15, 0.2) is 0 Å². The van der Waals surface area contributed by atoms with Gasteiger partial charge < -0.3 is 20.1 Å². The van der Waals surface area contributed by atoms with Gasteiger partial charge in [0.1, 0.15) is 13.1 Å². The molecule has 0 aromatic rings. The van der Waals surface area contributed by atoms with Gasteiger partial charge in [-0.2, -0.15) is 0 Å². The summed E-state index contributed by atoms with van der Waals surface area (Å²) in [6.07, 6.45) is 0. The van der Waals surface area contributed by atoms with Gasteiger partial charge in [0, 0.05) is 0 Å². The second-order valence-corrected chi connectivity index (χ2v) is 3.95. The molecule has 4 heteroatoms. The molecule has 0 amide bonds. The molecule has 0 rings (SSSR count). The number of aliphatic hydroxyl groups excluding tert-OH is 2. The zero-order valence-electron chi connectivity index (χ0n) is 8.08. The van der Waals surface area contributed by atoms with E-state index in [0.717, 1.165) is 0 Å². The Morgan fingerprint density at radius 1 is 1.08 bits per heavy atom. The summed E-state index contributed by atoms with van der Waals surface area (Å²) in [4.78, 5) is 0. The van der Waals surface area contributed by atoms with E-state index in [9.17, 15) is 5.21 Å². The van der Waals surface area contributed by atoms with Crippen LogP contribution >= 0.6 is 0 Å². The summed E-state index contributed by atoms with van der Waals surface area (Å²) in [7, 11) is 0. The highest BCUT2D eigenvalue weighted by molar-refractivity contribution is 4.64. The molecule has 0 saturated heterocycles. The van der Waals surface area contributed by atoms with Gasteiger partial charge >= 0.3 is 0 Å². The lowest BCUT2D eigenvalue weighted by Gasteiger charge is -2.52. The van der Waals surface area contributed by atoms with Gasteiger partial charge in [-0.05, 0) is 20.8 Å². The number of nitrogens with zero attached hydrogens (tertiary/aromatic N) is 1. The summed E-state index contributed by atoms with van der Waals surface area (Å²) in [5, 5.41) is 29.3. The molecule has 0 aliphatic carbocycles. The van der Waals surface area contributed by atoms with E-state index in [-0.39, 0.29) is 26.3 Å². The van der Waals surface area contributed by atoms with Crippen molar-refractivity contribution in [2.24, 2.45) is 0 Å². The Bertz CT molecular complexity index is 125. The summed E-state index contributed by atoms with van der Waals surface area (Å²) >= 11 is 0. The molecule has 12 heavy (non-hydrogen) atoms. The van der Waals surface area contributed by atoms with E-state index in [1.165, 1.54) is 0 Å². The Hall–Kier alpha value is -0.160. The highest BCUT2D eigenvalue weighted by Crippen LogP contribution is 2.21. The highest BCUT2D eigenvalue weighted by atomic mass is 16.6. The van der Waals surface area contributed by atoms with Crippen molar-refractivity contribution < 1.29 is 14.9 Å². The van der Waals surface area contributed by atoms with Crippen molar-refractivity contribution in [3.63, 3.8) is 0 Å². The summed E-state index contributed by atoms with van der Waals surface area (Å²) in [5.74, 6) is 0. The predicted molar refractivity (Wildman–Crippen MR) is 47.3 cm³/mol. The molecular weight excluding hydrogens is 158 g/mol. The van der Waals surface area contributed by atoms with Crippen molar-refractivity contribution in [2.45, 2.75) is 26.3 Å². The van der Waals surface area contributed by atoms with Crippen molar-refractivity contribution in [2.75, 3.05) is 26.3 Å². The van der Waals surface area contributed by atoms with Gasteiger partial charge in [0.15, 0.2) is 0 Å². The molecule has 0 heterocycles. The van der Waals surface area contributed by atoms with Crippen molar-refractivity contribution in [3.05, 3.63) is 5.21 Å². The van der Waals surface area contributed by atoms with Gasteiger partial charge in [0.05, 0.1) is 18.8 Å². The number of rotatable bonds is 4. The van der Waals surface area contributed by atoms with Crippen LogP contribution in [0.3, 0.4) is 0 Å². The van der Waals surface area contributed by atoms with Crippen molar-refractivity contribution in [3.8, 4) is 0 Å². The molecule has 0 atom stereocenters. The minimum atomic E-state index is -0.542. The van der Waals surface area contributed by atoms with E-state index in [2.05, 4.69) is 0 Å². The molecular formula is C8H19NO3. The topological polar surface area (TPSA) is 63.5 Å². The maximum Gasteiger partial charge on any atom is 0.102 e. The number of quaternary nitrogens is 1. The first-order chi connectivity index (χ1) is 5.37. The standard InChI is InChI=1S/C8H19NO3/c1-8(2,3)9(12,4-6-10)5-7-11/h10-11H,4-7H2,1-3H3. The third-order valence-electron chi connectivity index (χ3n) is 2.14. The molecule has 0 spiro atoms. The van der Waals surface area contributed by atoms with Gasteiger partial charge in [-0.15, -0.1) is 0 Å². The zero-order valence-corrected chi connectivity index (χ0v) is 8.08. The normalized spacial score (nSPS) is 13.5. The lowest BCUT2D eigenvalue weighted by atomic mass is 10.1. The summed E-state index contributed by atoms with van der Waals surface area (Å²) in [6.45, 7) is 5.44. The van der Waals surface area contributed by atoms with Crippen LogP contribution in [0.5, 0.6) is 0 Å². The van der Waals surface area contributed by atoms with Crippen LogP contribution in [0, 0.1) is 5.21 Å². The number of aliphatic hydroxyl groups is 2. The van der Waals surface area contributed by atoms with Gasteiger partial charge in [0.25, 0.3) is 0 Å². The highest BCUT2D eigenvalue weighted by Gasteiger charge is 2.30. The van der Waals surface area contributed by atoms with Gasteiger partial charge in [-0.3, -0.25) is 0 Å². The van der Waals surface area contributed by atoms with E-state index in [0.29, 0.717) is 0 Å². The molecule has 0 radical (unpaired) electrons. The first-order valence-electron chi connectivity index (χ1n) is 4.17. The van der Waals surface area contributed by atoms with Crippen LogP contribution < -0.4 is 0 Å². The molecule has 0 aromatic heterocycles. The molecule has 74 valence electrons. The average Bonchev–Trinajstić information content (AvgIpc) is 1.86. The average molecular weight is 177 g/mol. The molecule has 0 aliphatic rings. The Balaban J connectivity index is 4.38. The minimum Gasteiger partial charge on any atom is -0.632 e. The number of hydroxylamine groups is 3. The first kappa shape index (κ1) is 11.8. The first-order valence-corrected chi connectivity index (χ1v) is 4.17. The SMILES string of the molecule is CC(C)(C)[N+]([O-])(CCO)CCO. The fourth-order valence-electron chi connectivity index (χ4n) is 1.11. The third kappa shape index (κ3) is 2.71. The van der Waals surface area contributed by atoms with Crippen LogP contribution in [0.2, 0.25) is 0 Å². The van der Waals surface area contributed by atoms with E-state index in [1.54, 1.807) is 0 Å². The monoisotopic (exact) mass is 177 g/mol. The summed E-state index contributed by atoms with van der Waals surface area (Å²) in [6, 6.07) is 0. The molecule has 0 aromatic carbocycles. The Morgan fingerprint density at radius 2 is 1.42 bits per heavy atom. The van der Waals surface area contributed by atoms with Gasteiger partial charge in [-0.25, -0.2) is 0 Å². The fourth-order valence-corrected chi connectivity index (χ4v) is 1.11. The second kappa shape index (κ2) is 4.18. The Kier molecular flexibility index (Phi) is 4.13. The zero-order chi connectivity index (χ0) is 9.83. The molecule has 0 fully saturated rings. The summed E-state index contributed by atoms with van der Waals surface area (Å²) in [5.41, 5.74) is -0.481. The van der Waals surface area contributed by atoms with E-state index in [4.69, 9.17) is 10.2 Å². The van der Waals surface area contributed by atoms with Crippen LogP contribution in [0.4, 0.5) is 0 Å². The molecule has 0 saturated carbocycles. The van der Waals surface area contributed by atoms with Crippen molar-refractivity contribution in [1.82, 2.24) is 0 Å². The molecule has 4 nitrogen and oxygen atoms in total. The Morgan fingerprint density at radius 3 is 1.58 bits per heavy atom. The van der Waals surface area contributed by atoms with Crippen molar-refractivity contribution in [1.29, 1.82) is 0 Å². The predicted octanol–water partition coefficient (Wildman–Crippen LogP) is 0.0841. The maximum absolute atomic E-state index is 11.9. The van der Waals surface area contributed by atoms with Gasteiger partial charge in [0.2, 0.25) is 0 Å². The minimum absolute atomic E-state index is 0.138. The fraction of sp³-hybridized carbons (Fsp3) is 1.00.